The van der Waals surface area contributed by atoms with Crippen molar-refractivity contribution in [3.8, 4) is 28.6 Å². The molecule has 8 nitrogen and oxygen atoms in total. The number of ether oxygens (including phenoxy) is 2. The molecule has 2 aliphatic heterocycles. The van der Waals surface area contributed by atoms with E-state index in [4.69, 9.17) is 14.0 Å². The number of hydrogen-bond donors (Lipinski definition) is 2. The summed E-state index contributed by atoms with van der Waals surface area (Å²) < 4.78 is 16.2. The minimum absolute atomic E-state index is 0.206. The van der Waals surface area contributed by atoms with Crippen molar-refractivity contribution in [3.63, 3.8) is 0 Å². The van der Waals surface area contributed by atoms with Crippen molar-refractivity contribution in [2.24, 2.45) is 0 Å². The fourth-order valence-electron chi connectivity index (χ4n) is 3.70. The predicted molar refractivity (Wildman–Crippen MR) is 97.7 cm³/mol. The first-order chi connectivity index (χ1) is 13.7. The zero-order valence-corrected chi connectivity index (χ0v) is 15.0. The molecule has 1 aromatic heterocycles. The van der Waals surface area contributed by atoms with E-state index in [9.17, 15) is 10.2 Å². The van der Waals surface area contributed by atoms with Crippen LogP contribution in [0.25, 0.3) is 11.4 Å². The number of rotatable bonds is 4. The number of fused-ring (bicyclic) bond motifs is 1. The standard InChI is InChI=1S/C20H19N3O5/c24-14-8-15(23(10-14)9-13-3-1-2-4-16(13)25)20-21-19(22-28-20)12-5-6-17-18(7-12)27-11-26-17/h1-7,14-15,24-25H,8-11H2/t14-,15+/m1/s1. The van der Waals surface area contributed by atoms with Crippen LogP contribution in [0.5, 0.6) is 17.2 Å². The molecule has 2 atom stereocenters. The number of nitrogens with zero attached hydrogens (tertiary/aromatic N) is 3. The summed E-state index contributed by atoms with van der Waals surface area (Å²) in [6.07, 6.45) is 0.00727. The lowest BCUT2D eigenvalue weighted by Gasteiger charge is -2.21. The molecule has 3 aromatic rings. The highest BCUT2D eigenvalue weighted by Gasteiger charge is 2.36. The van der Waals surface area contributed by atoms with Crippen LogP contribution < -0.4 is 9.47 Å². The normalized spacial score (nSPS) is 21.3. The number of phenolic OH excluding ortho intramolecular Hbond substituents is 1. The van der Waals surface area contributed by atoms with E-state index < -0.39 is 6.10 Å². The zero-order chi connectivity index (χ0) is 19.1. The summed E-state index contributed by atoms with van der Waals surface area (Å²) in [6.45, 7) is 1.16. The average Bonchev–Trinajstić information content (AvgIpc) is 3.42. The van der Waals surface area contributed by atoms with Crippen molar-refractivity contribution in [2.45, 2.75) is 25.1 Å². The molecular formula is C20H19N3O5. The smallest absolute Gasteiger partial charge is 0.244 e. The van der Waals surface area contributed by atoms with Gasteiger partial charge in [-0.05, 0) is 30.7 Å². The lowest BCUT2D eigenvalue weighted by Crippen LogP contribution is -2.24. The summed E-state index contributed by atoms with van der Waals surface area (Å²) in [4.78, 5) is 6.59. The van der Waals surface area contributed by atoms with Crippen LogP contribution in [0.4, 0.5) is 0 Å². The van der Waals surface area contributed by atoms with E-state index >= 15 is 0 Å². The van der Waals surface area contributed by atoms with E-state index in [1.807, 2.05) is 35.2 Å². The highest BCUT2D eigenvalue weighted by molar-refractivity contribution is 5.61. The summed E-state index contributed by atoms with van der Waals surface area (Å²) in [5.41, 5.74) is 1.56. The van der Waals surface area contributed by atoms with Gasteiger partial charge in [0.25, 0.3) is 0 Å². The Morgan fingerprint density at radius 2 is 1.96 bits per heavy atom. The van der Waals surface area contributed by atoms with Gasteiger partial charge in [-0.1, -0.05) is 23.4 Å². The van der Waals surface area contributed by atoms with Crippen molar-refractivity contribution in [3.05, 3.63) is 53.9 Å². The van der Waals surface area contributed by atoms with Gasteiger partial charge in [0.2, 0.25) is 18.5 Å². The number of benzene rings is 2. The van der Waals surface area contributed by atoms with Crippen molar-refractivity contribution >= 4 is 0 Å². The van der Waals surface area contributed by atoms with Gasteiger partial charge in [0, 0.05) is 24.2 Å². The molecule has 144 valence electrons. The molecule has 0 amide bonds. The summed E-state index contributed by atoms with van der Waals surface area (Å²) in [5, 5.41) is 24.3. The topological polar surface area (TPSA) is 101 Å². The van der Waals surface area contributed by atoms with Crippen LogP contribution >= 0.6 is 0 Å². The van der Waals surface area contributed by atoms with Crippen LogP contribution in [0.1, 0.15) is 23.9 Å². The number of aromatic nitrogens is 2. The maximum absolute atomic E-state index is 10.2. The first-order valence-corrected chi connectivity index (χ1v) is 9.10. The molecule has 0 saturated carbocycles. The number of phenols is 1. The maximum Gasteiger partial charge on any atom is 0.244 e. The van der Waals surface area contributed by atoms with Crippen LogP contribution in [0, 0.1) is 0 Å². The Hall–Kier alpha value is -3.10. The lowest BCUT2D eigenvalue weighted by atomic mass is 10.1. The largest absolute Gasteiger partial charge is 0.508 e. The molecule has 5 rings (SSSR count). The molecule has 2 aliphatic rings. The van der Waals surface area contributed by atoms with E-state index in [2.05, 4.69) is 10.1 Å². The first-order valence-electron chi connectivity index (χ1n) is 9.10. The Balaban J connectivity index is 1.40. The van der Waals surface area contributed by atoms with Gasteiger partial charge >= 0.3 is 0 Å². The van der Waals surface area contributed by atoms with Gasteiger partial charge in [0.15, 0.2) is 11.5 Å². The van der Waals surface area contributed by atoms with Crippen molar-refractivity contribution in [1.82, 2.24) is 15.0 Å². The van der Waals surface area contributed by atoms with Gasteiger partial charge in [-0.2, -0.15) is 4.98 Å². The van der Waals surface area contributed by atoms with Crippen LogP contribution in [-0.2, 0) is 6.54 Å². The number of hydrogen-bond acceptors (Lipinski definition) is 8. The monoisotopic (exact) mass is 381 g/mol. The number of β-amino-alcohol motifs (C(OH)–C–C–N with tert-alkyl or cyclic N) is 1. The number of likely N-dealkylation sites (tertiary alicyclic amines) is 1. The third-order valence-electron chi connectivity index (χ3n) is 5.10. The summed E-state index contributed by atoms with van der Waals surface area (Å²) in [7, 11) is 0. The highest BCUT2D eigenvalue weighted by atomic mass is 16.7. The molecule has 0 spiro atoms. The van der Waals surface area contributed by atoms with Gasteiger partial charge in [-0.15, -0.1) is 0 Å². The van der Waals surface area contributed by atoms with E-state index in [0.29, 0.717) is 42.7 Å². The zero-order valence-electron chi connectivity index (χ0n) is 15.0. The predicted octanol–water partition coefficient (Wildman–Crippen LogP) is 2.48. The summed E-state index contributed by atoms with van der Waals surface area (Å²) in [6, 6.07) is 12.4. The van der Waals surface area contributed by atoms with Gasteiger partial charge in [-0.25, -0.2) is 0 Å². The Kier molecular flexibility index (Phi) is 4.14. The molecule has 3 heterocycles. The second kappa shape index (κ2) is 6.81. The SMILES string of the molecule is Oc1ccccc1CN1C[C@H](O)C[C@H]1c1nc(-c2ccc3c(c2)OCO3)no1. The lowest BCUT2D eigenvalue weighted by molar-refractivity contribution is 0.168. The second-order valence-electron chi connectivity index (χ2n) is 6.99. The van der Waals surface area contributed by atoms with Crippen molar-refractivity contribution in [1.29, 1.82) is 0 Å². The molecular weight excluding hydrogens is 362 g/mol. The van der Waals surface area contributed by atoms with Gasteiger partial charge in [0.05, 0.1) is 12.1 Å². The third kappa shape index (κ3) is 3.06. The summed E-state index contributed by atoms with van der Waals surface area (Å²) >= 11 is 0. The maximum atomic E-state index is 10.2. The minimum Gasteiger partial charge on any atom is -0.508 e. The molecule has 0 bridgehead atoms. The number of aromatic hydroxyl groups is 1. The minimum atomic E-state index is -0.489. The van der Waals surface area contributed by atoms with Gasteiger partial charge in [0.1, 0.15) is 5.75 Å². The van der Waals surface area contributed by atoms with Crippen molar-refractivity contribution in [2.75, 3.05) is 13.3 Å². The molecule has 8 heteroatoms. The van der Waals surface area contributed by atoms with Gasteiger partial charge in [-0.3, -0.25) is 4.90 Å². The number of aliphatic hydroxyl groups excluding tert-OH is 1. The Bertz CT molecular complexity index is 1010. The first kappa shape index (κ1) is 17.0. The molecule has 0 unspecified atom stereocenters. The average molecular weight is 381 g/mol. The highest BCUT2D eigenvalue weighted by Crippen LogP contribution is 2.37. The fraction of sp³-hybridized carbons (Fsp3) is 0.300. The number of para-hydroxylation sites is 1. The second-order valence-corrected chi connectivity index (χ2v) is 6.99. The van der Waals surface area contributed by atoms with Crippen LogP contribution in [0.3, 0.4) is 0 Å². The van der Waals surface area contributed by atoms with E-state index in [-0.39, 0.29) is 18.6 Å². The Morgan fingerprint density at radius 1 is 1.11 bits per heavy atom. The molecule has 0 radical (unpaired) electrons. The third-order valence-corrected chi connectivity index (χ3v) is 5.10. The van der Waals surface area contributed by atoms with Crippen LogP contribution in [0.2, 0.25) is 0 Å². The van der Waals surface area contributed by atoms with E-state index in [1.165, 1.54) is 0 Å². The van der Waals surface area contributed by atoms with Crippen molar-refractivity contribution < 1.29 is 24.2 Å². The van der Waals surface area contributed by atoms with Crippen LogP contribution in [0.15, 0.2) is 47.0 Å². The molecule has 0 aliphatic carbocycles. The molecule has 1 fully saturated rings. The molecule has 2 N–H and O–H groups in total. The Labute approximate surface area is 160 Å². The fourth-order valence-corrected chi connectivity index (χ4v) is 3.70. The Morgan fingerprint density at radius 3 is 2.86 bits per heavy atom. The molecule has 1 saturated heterocycles. The van der Waals surface area contributed by atoms with E-state index in [0.717, 1.165) is 11.1 Å². The quantitative estimate of drug-likeness (QED) is 0.711. The van der Waals surface area contributed by atoms with Gasteiger partial charge < -0.3 is 24.2 Å². The molecule has 2 aromatic carbocycles. The van der Waals surface area contributed by atoms with Crippen LogP contribution in [-0.4, -0.2) is 44.7 Å². The van der Waals surface area contributed by atoms with E-state index in [1.54, 1.807) is 12.1 Å². The number of aliphatic hydroxyl groups is 1. The molecule has 28 heavy (non-hydrogen) atoms. The summed E-state index contributed by atoms with van der Waals surface area (Å²) in [5.74, 6) is 2.48.